The van der Waals surface area contributed by atoms with Crippen molar-refractivity contribution in [3.8, 4) is 0 Å². The summed E-state index contributed by atoms with van der Waals surface area (Å²) in [5.74, 6) is 1.33. The van der Waals surface area contributed by atoms with Crippen LogP contribution in [0.5, 0.6) is 0 Å². The number of hydrogen-bond donors (Lipinski definition) is 2. The minimum absolute atomic E-state index is 0.363. The normalized spacial score (nSPS) is 18.5. The second-order valence-corrected chi connectivity index (χ2v) is 5.38. The quantitative estimate of drug-likeness (QED) is 0.798. The largest absolute Gasteiger partial charge is 0.389 e. The summed E-state index contributed by atoms with van der Waals surface area (Å²) < 4.78 is 5.36. The van der Waals surface area contributed by atoms with E-state index in [2.05, 4.69) is 15.5 Å². The monoisotopic (exact) mass is 280 g/mol. The molecular weight excluding hydrogens is 260 g/mol. The first-order valence-corrected chi connectivity index (χ1v) is 6.95. The van der Waals surface area contributed by atoms with Crippen LogP contribution in [0.3, 0.4) is 0 Å². The Morgan fingerprint density at radius 1 is 1.47 bits per heavy atom. The maximum Gasteiger partial charge on any atom is 0.159 e. The molecule has 6 heteroatoms. The summed E-state index contributed by atoms with van der Waals surface area (Å²) in [6.07, 6.45) is 2.20. The van der Waals surface area contributed by atoms with E-state index in [1.165, 1.54) is 0 Å². The topological polar surface area (TPSA) is 73.1 Å². The van der Waals surface area contributed by atoms with E-state index in [0.29, 0.717) is 16.7 Å². The van der Waals surface area contributed by atoms with Crippen LogP contribution in [0.1, 0.15) is 29.7 Å². The molecule has 5 nitrogen and oxygen atoms in total. The highest BCUT2D eigenvalue weighted by atomic mass is 32.1. The van der Waals surface area contributed by atoms with Crippen LogP contribution in [0.4, 0.5) is 5.82 Å². The van der Waals surface area contributed by atoms with E-state index in [1.807, 2.05) is 13.8 Å². The lowest BCUT2D eigenvalue weighted by molar-refractivity contribution is 0.185. The molecule has 1 fully saturated rings. The van der Waals surface area contributed by atoms with Crippen molar-refractivity contribution in [2.75, 3.05) is 25.1 Å². The highest BCUT2D eigenvalue weighted by Crippen LogP contribution is 2.20. The number of anilines is 1. The molecule has 0 spiro atoms. The summed E-state index contributed by atoms with van der Waals surface area (Å²) in [4.78, 5) is 0.363. The number of aryl methyl sites for hydroxylation is 1. The van der Waals surface area contributed by atoms with Crippen molar-refractivity contribution in [2.45, 2.75) is 26.7 Å². The van der Waals surface area contributed by atoms with Gasteiger partial charge in [-0.05, 0) is 38.2 Å². The lowest BCUT2D eigenvalue weighted by Crippen LogP contribution is -2.19. The molecule has 1 unspecified atom stereocenters. The summed E-state index contributed by atoms with van der Waals surface area (Å²) in [5.41, 5.74) is 8.45. The van der Waals surface area contributed by atoms with Gasteiger partial charge in [-0.3, -0.25) is 0 Å². The van der Waals surface area contributed by atoms with Gasteiger partial charge in [-0.15, -0.1) is 5.10 Å². The minimum atomic E-state index is 0.363. The Kier molecular flexibility index (Phi) is 4.66. The lowest BCUT2D eigenvalue weighted by atomic mass is 10.1. The first kappa shape index (κ1) is 14.1. The van der Waals surface area contributed by atoms with Crippen molar-refractivity contribution >= 4 is 23.0 Å². The molecule has 3 N–H and O–H groups in total. The summed E-state index contributed by atoms with van der Waals surface area (Å²) in [5, 5.41) is 11.6. The third-order valence-electron chi connectivity index (χ3n) is 3.57. The zero-order valence-corrected chi connectivity index (χ0v) is 12.2. The molecule has 0 aromatic carbocycles. The molecule has 2 heterocycles. The van der Waals surface area contributed by atoms with E-state index in [1.54, 1.807) is 0 Å². The molecule has 19 heavy (non-hydrogen) atoms. The van der Waals surface area contributed by atoms with Gasteiger partial charge in [0.05, 0.1) is 11.3 Å². The number of ether oxygens (including phenoxy) is 1. The molecule has 1 aromatic heterocycles. The molecule has 0 saturated carbocycles. The average molecular weight is 280 g/mol. The number of hydrogen-bond acceptors (Lipinski definition) is 5. The van der Waals surface area contributed by atoms with Gasteiger partial charge in [0.1, 0.15) is 4.99 Å². The fourth-order valence-corrected chi connectivity index (χ4v) is 2.49. The molecule has 1 saturated heterocycles. The van der Waals surface area contributed by atoms with Gasteiger partial charge in [-0.2, -0.15) is 5.10 Å². The summed E-state index contributed by atoms with van der Waals surface area (Å²) in [6.45, 7) is 6.45. The molecule has 2 rings (SSSR count). The first-order chi connectivity index (χ1) is 9.09. The Morgan fingerprint density at radius 3 is 2.89 bits per heavy atom. The summed E-state index contributed by atoms with van der Waals surface area (Å²) >= 11 is 5.10. The van der Waals surface area contributed by atoms with Gasteiger partial charge in [-0.1, -0.05) is 12.2 Å². The van der Waals surface area contributed by atoms with Crippen molar-refractivity contribution in [1.82, 2.24) is 10.2 Å². The van der Waals surface area contributed by atoms with Gasteiger partial charge in [-0.25, -0.2) is 0 Å². The fraction of sp³-hybridized carbons (Fsp3) is 0.615. The van der Waals surface area contributed by atoms with Crippen LogP contribution in [0.2, 0.25) is 0 Å². The van der Waals surface area contributed by atoms with E-state index < -0.39 is 0 Å². The SMILES string of the molecule is Cc1nnc(NCCC2CCOC2)c(C(N)=S)c1C. The predicted molar refractivity (Wildman–Crippen MR) is 79.4 cm³/mol. The Balaban J connectivity index is 2.02. The van der Waals surface area contributed by atoms with Gasteiger partial charge in [0.2, 0.25) is 0 Å². The highest BCUT2D eigenvalue weighted by molar-refractivity contribution is 7.80. The zero-order chi connectivity index (χ0) is 13.8. The van der Waals surface area contributed by atoms with Crippen LogP contribution < -0.4 is 11.1 Å². The standard InChI is InChI=1S/C13H20N4OS/c1-8-9(2)16-17-13(11(8)12(14)19)15-5-3-10-4-6-18-7-10/h10H,3-7H2,1-2H3,(H2,14,19)(H,15,17). The maximum absolute atomic E-state index is 5.78. The Labute approximate surface area is 118 Å². The molecule has 1 aliphatic heterocycles. The second-order valence-electron chi connectivity index (χ2n) is 4.94. The van der Waals surface area contributed by atoms with Crippen molar-refractivity contribution < 1.29 is 4.74 Å². The second kappa shape index (κ2) is 6.25. The van der Waals surface area contributed by atoms with Gasteiger partial charge in [0.25, 0.3) is 0 Å². The van der Waals surface area contributed by atoms with Crippen LogP contribution in [-0.2, 0) is 4.74 Å². The van der Waals surface area contributed by atoms with E-state index in [0.717, 1.165) is 49.4 Å². The Bertz CT molecular complexity index is 472. The van der Waals surface area contributed by atoms with Crippen LogP contribution >= 0.6 is 12.2 Å². The number of aromatic nitrogens is 2. The minimum Gasteiger partial charge on any atom is -0.389 e. The van der Waals surface area contributed by atoms with Gasteiger partial charge in [0, 0.05) is 19.8 Å². The molecule has 0 bridgehead atoms. The predicted octanol–water partition coefficient (Wildman–Crippen LogP) is 1.57. The van der Waals surface area contributed by atoms with Crippen molar-refractivity contribution in [1.29, 1.82) is 0 Å². The third kappa shape index (κ3) is 3.39. The van der Waals surface area contributed by atoms with Crippen LogP contribution in [-0.4, -0.2) is 34.9 Å². The average Bonchev–Trinajstić information content (AvgIpc) is 2.86. The first-order valence-electron chi connectivity index (χ1n) is 6.55. The molecular formula is C13H20N4OS. The third-order valence-corrected chi connectivity index (χ3v) is 3.77. The molecule has 1 aromatic rings. The summed E-state index contributed by atoms with van der Waals surface area (Å²) in [7, 11) is 0. The van der Waals surface area contributed by atoms with Crippen molar-refractivity contribution in [3.63, 3.8) is 0 Å². The van der Waals surface area contributed by atoms with Crippen molar-refractivity contribution in [3.05, 3.63) is 16.8 Å². The molecule has 0 amide bonds. The van der Waals surface area contributed by atoms with Gasteiger partial charge < -0.3 is 15.8 Å². The molecule has 1 aliphatic rings. The lowest BCUT2D eigenvalue weighted by Gasteiger charge is -2.14. The smallest absolute Gasteiger partial charge is 0.159 e. The van der Waals surface area contributed by atoms with Crippen LogP contribution in [0.15, 0.2) is 0 Å². The number of nitrogens with zero attached hydrogens (tertiary/aromatic N) is 2. The number of nitrogens with two attached hydrogens (primary N) is 1. The van der Waals surface area contributed by atoms with Gasteiger partial charge in [0.15, 0.2) is 5.82 Å². The van der Waals surface area contributed by atoms with Gasteiger partial charge >= 0.3 is 0 Å². The Hall–Kier alpha value is -1.27. The summed E-state index contributed by atoms with van der Waals surface area (Å²) in [6, 6.07) is 0. The number of thiocarbonyl (C=S) groups is 1. The molecule has 104 valence electrons. The molecule has 0 aliphatic carbocycles. The molecule has 0 radical (unpaired) electrons. The number of rotatable bonds is 5. The molecule has 1 atom stereocenters. The van der Waals surface area contributed by atoms with E-state index in [4.69, 9.17) is 22.7 Å². The number of nitrogens with one attached hydrogen (secondary N) is 1. The van der Waals surface area contributed by atoms with E-state index in [-0.39, 0.29) is 0 Å². The Morgan fingerprint density at radius 2 is 2.26 bits per heavy atom. The van der Waals surface area contributed by atoms with Crippen LogP contribution in [0, 0.1) is 19.8 Å². The van der Waals surface area contributed by atoms with E-state index >= 15 is 0 Å². The van der Waals surface area contributed by atoms with Crippen LogP contribution in [0.25, 0.3) is 0 Å². The maximum atomic E-state index is 5.78. The zero-order valence-electron chi connectivity index (χ0n) is 11.4. The highest BCUT2D eigenvalue weighted by Gasteiger charge is 2.17. The van der Waals surface area contributed by atoms with E-state index in [9.17, 15) is 0 Å². The van der Waals surface area contributed by atoms with Crippen molar-refractivity contribution in [2.24, 2.45) is 11.7 Å². The fourth-order valence-electron chi connectivity index (χ4n) is 2.24.